The Morgan fingerprint density at radius 2 is 1.75 bits per heavy atom. The summed E-state index contributed by atoms with van der Waals surface area (Å²) in [5.41, 5.74) is 0.496. The zero-order valence-electron chi connectivity index (χ0n) is 6.49. The van der Waals surface area contributed by atoms with E-state index >= 15 is 0 Å². The van der Waals surface area contributed by atoms with Crippen LogP contribution in [0.15, 0.2) is 0 Å². The predicted molar refractivity (Wildman–Crippen MR) is 38.7 cm³/mol. The van der Waals surface area contributed by atoms with Gasteiger partial charge in [-0.15, -0.1) is 0 Å². The standard InChI is InChI=1S/C8H17/c1-5-6-7-8(2,3)4/h6H,5,7H2,1-4H3. The molecule has 49 valence electrons. The van der Waals surface area contributed by atoms with Crippen LogP contribution in [0, 0.1) is 11.8 Å². The second-order valence-electron chi connectivity index (χ2n) is 3.46. The lowest BCUT2D eigenvalue weighted by atomic mass is 9.90. The van der Waals surface area contributed by atoms with Gasteiger partial charge in [0.05, 0.1) is 0 Å². The minimum atomic E-state index is 0.496. The Balaban J connectivity index is 3.11. The van der Waals surface area contributed by atoms with E-state index in [0.717, 1.165) is 0 Å². The maximum Gasteiger partial charge on any atom is -0.0380 e. The van der Waals surface area contributed by atoms with E-state index in [2.05, 4.69) is 34.1 Å². The van der Waals surface area contributed by atoms with Gasteiger partial charge in [-0.2, -0.15) is 0 Å². The molecule has 0 heterocycles. The molecule has 0 fully saturated rings. The zero-order chi connectivity index (χ0) is 6.62. The van der Waals surface area contributed by atoms with Crippen molar-refractivity contribution in [2.75, 3.05) is 0 Å². The molecular formula is C8H17. The number of unbranched alkanes of at least 4 members (excludes halogenated alkanes) is 1. The summed E-state index contributed by atoms with van der Waals surface area (Å²) in [6, 6.07) is 0. The van der Waals surface area contributed by atoms with E-state index in [-0.39, 0.29) is 0 Å². The normalized spacial score (nSPS) is 12.0. The van der Waals surface area contributed by atoms with Gasteiger partial charge in [-0.25, -0.2) is 0 Å². The van der Waals surface area contributed by atoms with Gasteiger partial charge in [0.15, 0.2) is 0 Å². The fourth-order valence-electron chi connectivity index (χ4n) is 0.577. The van der Waals surface area contributed by atoms with Crippen molar-refractivity contribution in [1.82, 2.24) is 0 Å². The first-order chi connectivity index (χ1) is 3.56. The van der Waals surface area contributed by atoms with E-state index in [9.17, 15) is 0 Å². The second kappa shape index (κ2) is 3.11. The van der Waals surface area contributed by atoms with Gasteiger partial charge in [-0.3, -0.25) is 0 Å². The van der Waals surface area contributed by atoms with Crippen LogP contribution in [-0.4, -0.2) is 0 Å². The Hall–Kier alpha value is 0. The van der Waals surface area contributed by atoms with Crippen molar-refractivity contribution in [2.45, 2.75) is 40.5 Å². The Bertz CT molecular complexity index is 47.5. The minimum Gasteiger partial charge on any atom is -0.0651 e. The second-order valence-corrected chi connectivity index (χ2v) is 3.46. The lowest BCUT2D eigenvalue weighted by molar-refractivity contribution is 0.402. The third-order valence-corrected chi connectivity index (χ3v) is 1.05. The van der Waals surface area contributed by atoms with Crippen LogP contribution >= 0.6 is 0 Å². The van der Waals surface area contributed by atoms with Crippen LogP contribution < -0.4 is 0 Å². The highest BCUT2D eigenvalue weighted by molar-refractivity contribution is 4.71. The lowest BCUT2D eigenvalue weighted by Gasteiger charge is -2.16. The number of hydrogen-bond donors (Lipinski definition) is 0. The zero-order valence-corrected chi connectivity index (χ0v) is 6.49. The summed E-state index contributed by atoms with van der Waals surface area (Å²) < 4.78 is 0. The molecule has 0 rings (SSSR count). The van der Waals surface area contributed by atoms with Crippen LogP contribution in [0.5, 0.6) is 0 Å². The molecule has 0 saturated carbocycles. The summed E-state index contributed by atoms with van der Waals surface area (Å²) in [7, 11) is 0. The smallest absolute Gasteiger partial charge is 0.0380 e. The van der Waals surface area contributed by atoms with Crippen LogP contribution in [-0.2, 0) is 0 Å². The first kappa shape index (κ1) is 8.00. The minimum absolute atomic E-state index is 0.496. The summed E-state index contributed by atoms with van der Waals surface area (Å²) >= 11 is 0. The summed E-state index contributed by atoms with van der Waals surface area (Å²) in [6.45, 7) is 8.98. The third-order valence-electron chi connectivity index (χ3n) is 1.05. The van der Waals surface area contributed by atoms with Crippen molar-refractivity contribution in [2.24, 2.45) is 5.41 Å². The topological polar surface area (TPSA) is 0 Å². The molecule has 0 amide bonds. The van der Waals surface area contributed by atoms with Crippen LogP contribution in [0.25, 0.3) is 0 Å². The van der Waals surface area contributed by atoms with E-state index in [1.165, 1.54) is 12.8 Å². The van der Waals surface area contributed by atoms with Crippen LogP contribution in [0.4, 0.5) is 0 Å². The van der Waals surface area contributed by atoms with Crippen molar-refractivity contribution >= 4 is 0 Å². The monoisotopic (exact) mass is 113 g/mol. The summed E-state index contributed by atoms with van der Waals surface area (Å²) in [5, 5.41) is 0. The van der Waals surface area contributed by atoms with E-state index in [1.807, 2.05) is 0 Å². The molecule has 0 aromatic heterocycles. The van der Waals surface area contributed by atoms with Crippen LogP contribution in [0.3, 0.4) is 0 Å². The number of rotatable bonds is 2. The molecule has 0 saturated heterocycles. The average Bonchev–Trinajstić information content (AvgIpc) is 1.59. The van der Waals surface area contributed by atoms with E-state index < -0.39 is 0 Å². The summed E-state index contributed by atoms with van der Waals surface area (Å²) in [4.78, 5) is 0. The molecule has 0 heteroatoms. The summed E-state index contributed by atoms with van der Waals surface area (Å²) in [6.07, 6.45) is 4.78. The molecule has 0 aliphatic heterocycles. The van der Waals surface area contributed by atoms with Gasteiger partial charge in [0.2, 0.25) is 0 Å². The van der Waals surface area contributed by atoms with Gasteiger partial charge in [-0.05, 0) is 18.3 Å². The van der Waals surface area contributed by atoms with Crippen molar-refractivity contribution in [3.8, 4) is 0 Å². The molecule has 8 heavy (non-hydrogen) atoms. The van der Waals surface area contributed by atoms with Crippen molar-refractivity contribution in [3.63, 3.8) is 0 Å². The van der Waals surface area contributed by atoms with Gasteiger partial charge in [0.1, 0.15) is 0 Å². The SMILES string of the molecule is CC[CH]CC(C)(C)C. The van der Waals surface area contributed by atoms with Crippen molar-refractivity contribution in [1.29, 1.82) is 0 Å². The fraction of sp³-hybridized carbons (Fsp3) is 0.875. The Kier molecular flexibility index (Phi) is 3.11. The molecule has 0 aromatic carbocycles. The van der Waals surface area contributed by atoms with Gasteiger partial charge < -0.3 is 0 Å². The van der Waals surface area contributed by atoms with E-state index in [0.29, 0.717) is 5.41 Å². The summed E-state index contributed by atoms with van der Waals surface area (Å²) in [5.74, 6) is 0. The van der Waals surface area contributed by atoms with Crippen molar-refractivity contribution in [3.05, 3.63) is 6.42 Å². The molecule has 0 atom stereocenters. The molecule has 0 aromatic rings. The highest BCUT2D eigenvalue weighted by Gasteiger charge is 2.07. The molecule has 1 radical (unpaired) electrons. The average molecular weight is 113 g/mol. The maximum absolute atomic E-state index is 2.33. The Morgan fingerprint density at radius 3 is 1.88 bits per heavy atom. The maximum atomic E-state index is 2.33. The third kappa shape index (κ3) is 6.00. The van der Waals surface area contributed by atoms with Gasteiger partial charge in [-0.1, -0.05) is 34.1 Å². The quantitative estimate of drug-likeness (QED) is 0.516. The highest BCUT2D eigenvalue weighted by Crippen LogP contribution is 2.20. The molecule has 0 spiro atoms. The first-order valence-corrected chi connectivity index (χ1v) is 3.38. The fourth-order valence-corrected chi connectivity index (χ4v) is 0.577. The van der Waals surface area contributed by atoms with Gasteiger partial charge >= 0.3 is 0 Å². The number of hydrogen-bond acceptors (Lipinski definition) is 0. The van der Waals surface area contributed by atoms with E-state index in [4.69, 9.17) is 0 Å². The van der Waals surface area contributed by atoms with Gasteiger partial charge in [0, 0.05) is 0 Å². The van der Waals surface area contributed by atoms with Crippen LogP contribution in [0.2, 0.25) is 0 Å². The molecule has 0 nitrogen and oxygen atoms in total. The molecule has 0 N–H and O–H groups in total. The Labute approximate surface area is 53.3 Å². The molecule has 0 aliphatic rings. The lowest BCUT2D eigenvalue weighted by Crippen LogP contribution is -2.03. The molecular weight excluding hydrogens is 96.1 g/mol. The predicted octanol–water partition coefficient (Wildman–Crippen LogP) is 3.04. The molecule has 0 bridgehead atoms. The van der Waals surface area contributed by atoms with E-state index in [1.54, 1.807) is 0 Å². The molecule has 0 unspecified atom stereocenters. The molecule has 0 aliphatic carbocycles. The largest absolute Gasteiger partial charge is 0.0651 e. The Morgan fingerprint density at radius 1 is 1.25 bits per heavy atom. The highest BCUT2D eigenvalue weighted by atomic mass is 14.1. The van der Waals surface area contributed by atoms with Gasteiger partial charge in [0.25, 0.3) is 0 Å². The van der Waals surface area contributed by atoms with Crippen LogP contribution in [0.1, 0.15) is 40.5 Å². The first-order valence-electron chi connectivity index (χ1n) is 3.38. The van der Waals surface area contributed by atoms with Crippen molar-refractivity contribution < 1.29 is 0 Å².